The van der Waals surface area contributed by atoms with Crippen LogP contribution in [0.25, 0.3) is 5.82 Å². The monoisotopic (exact) mass is 249 g/mol. The number of aromatic nitrogens is 5. The maximum Gasteiger partial charge on any atom is 0.160 e. The minimum Gasteiger partial charge on any atom is -0.221 e. The van der Waals surface area contributed by atoms with E-state index in [1.54, 1.807) is 10.7 Å². The summed E-state index contributed by atoms with van der Waals surface area (Å²) in [7, 11) is 0. The van der Waals surface area contributed by atoms with Crippen LogP contribution in [0.1, 0.15) is 36.2 Å². The van der Waals surface area contributed by atoms with E-state index in [2.05, 4.69) is 20.1 Å². The van der Waals surface area contributed by atoms with Gasteiger partial charge in [-0.05, 0) is 26.7 Å². The molecule has 2 heterocycles. The molecule has 1 aliphatic rings. The Morgan fingerprint density at radius 2 is 2.00 bits per heavy atom. The van der Waals surface area contributed by atoms with Crippen LogP contribution in [0.15, 0.2) is 6.07 Å². The van der Waals surface area contributed by atoms with Gasteiger partial charge in [0.05, 0.1) is 0 Å². The van der Waals surface area contributed by atoms with Crippen LogP contribution in [0.3, 0.4) is 0 Å². The standard InChI is InChI=1S/C11H12ClN5/c1-6-13-7(2)17(16-6)10-5-9(12)14-11(15-10)8-3-4-8/h5,8H,3-4H2,1-2H3. The summed E-state index contributed by atoms with van der Waals surface area (Å²) in [5.74, 6) is 3.52. The quantitative estimate of drug-likeness (QED) is 0.766. The zero-order valence-corrected chi connectivity index (χ0v) is 10.4. The van der Waals surface area contributed by atoms with E-state index < -0.39 is 0 Å². The first kappa shape index (κ1) is 10.7. The van der Waals surface area contributed by atoms with Gasteiger partial charge in [0, 0.05) is 12.0 Å². The molecule has 0 saturated heterocycles. The highest BCUT2D eigenvalue weighted by Gasteiger charge is 2.27. The molecule has 88 valence electrons. The van der Waals surface area contributed by atoms with Crippen LogP contribution in [0, 0.1) is 13.8 Å². The van der Waals surface area contributed by atoms with Gasteiger partial charge in [-0.1, -0.05) is 11.6 Å². The maximum absolute atomic E-state index is 6.02. The van der Waals surface area contributed by atoms with E-state index in [9.17, 15) is 0 Å². The van der Waals surface area contributed by atoms with E-state index in [1.165, 1.54) is 0 Å². The first-order valence-corrected chi connectivity index (χ1v) is 5.96. The molecule has 5 nitrogen and oxygen atoms in total. The first-order chi connectivity index (χ1) is 8.13. The normalized spacial score (nSPS) is 15.2. The van der Waals surface area contributed by atoms with Crippen molar-refractivity contribution in [2.24, 2.45) is 0 Å². The van der Waals surface area contributed by atoms with Crippen LogP contribution >= 0.6 is 11.6 Å². The Hall–Kier alpha value is -1.49. The number of hydrogen-bond donors (Lipinski definition) is 0. The van der Waals surface area contributed by atoms with E-state index in [0.29, 0.717) is 16.9 Å². The highest BCUT2D eigenvalue weighted by molar-refractivity contribution is 6.29. The molecule has 1 aliphatic carbocycles. The third-order valence-electron chi connectivity index (χ3n) is 2.73. The third kappa shape index (κ3) is 2.02. The Labute approximate surface area is 104 Å². The molecule has 2 aromatic rings. The van der Waals surface area contributed by atoms with Crippen LogP contribution in [-0.4, -0.2) is 24.7 Å². The van der Waals surface area contributed by atoms with Crippen LogP contribution in [0.4, 0.5) is 0 Å². The van der Waals surface area contributed by atoms with Gasteiger partial charge in [0.1, 0.15) is 22.6 Å². The zero-order chi connectivity index (χ0) is 12.0. The first-order valence-electron chi connectivity index (χ1n) is 5.58. The molecule has 0 spiro atoms. The van der Waals surface area contributed by atoms with E-state index in [1.807, 2.05) is 13.8 Å². The molecule has 0 aromatic carbocycles. The molecule has 0 radical (unpaired) electrons. The predicted molar refractivity (Wildman–Crippen MR) is 63.4 cm³/mol. The second-order valence-electron chi connectivity index (χ2n) is 4.30. The molecular weight excluding hydrogens is 238 g/mol. The van der Waals surface area contributed by atoms with E-state index >= 15 is 0 Å². The number of rotatable bonds is 2. The molecular formula is C11H12ClN5. The summed E-state index contributed by atoms with van der Waals surface area (Å²) in [5, 5.41) is 4.76. The van der Waals surface area contributed by atoms with Crippen LogP contribution in [0.2, 0.25) is 5.15 Å². The van der Waals surface area contributed by atoms with Crippen molar-refractivity contribution in [2.75, 3.05) is 0 Å². The van der Waals surface area contributed by atoms with Crippen LogP contribution < -0.4 is 0 Å². The van der Waals surface area contributed by atoms with Crippen LogP contribution in [0.5, 0.6) is 0 Å². The Balaban J connectivity index is 2.10. The predicted octanol–water partition coefficient (Wildman–Crippen LogP) is 2.20. The van der Waals surface area contributed by atoms with Crippen molar-refractivity contribution in [1.29, 1.82) is 0 Å². The van der Waals surface area contributed by atoms with Gasteiger partial charge >= 0.3 is 0 Å². The number of aryl methyl sites for hydroxylation is 2. The van der Waals surface area contributed by atoms with E-state index in [-0.39, 0.29) is 0 Å². The number of nitrogens with zero attached hydrogens (tertiary/aromatic N) is 5. The lowest BCUT2D eigenvalue weighted by Crippen LogP contribution is -2.05. The lowest BCUT2D eigenvalue weighted by molar-refractivity contribution is 0.778. The van der Waals surface area contributed by atoms with Crippen molar-refractivity contribution in [3.63, 3.8) is 0 Å². The van der Waals surface area contributed by atoms with E-state index in [0.717, 1.165) is 30.3 Å². The number of hydrogen-bond acceptors (Lipinski definition) is 4. The fourth-order valence-corrected chi connectivity index (χ4v) is 1.98. The average molecular weight is 250 g/mol. The van der Waals surface area contributed by atoms with Gasteiger partial charge in [0.15, 0.2) is 5.82 Å². The number of halogens is 1. The molecule has 0 amide bonds. The summed E-state index contributed by atoms with van der Waals surface area (Å²) in [6.45, 7) is 3.75. The largest absolute Gasteiger partial charge is 0.221 e. The lowest BCUT2D eigenvalue weighted by Gasteiger charge is -2.04. The zero-order valence-electron chi connectivity index (χ0n) is 9.68. The lowest BCUT2D eigenvalue weighted by atomic mass is 10.4. The fraction of sp³-hybridized carbons (Fsp3) is 0.455. The Bertz CT molecular complexity index is 573. The summed E-state index contributed by atoms with van der Waals surface area (Å²) in [5.41, 5.74) is 0. The molecule has 1 fully saturated rings. The molecule has 0 bridgehead atoms. The summed E-state index contributed by atoms with van der Waals surface area (Å²) < 4.78 is 1.70. The molecule has 0 unspecified atom stereocenters. The summed E-state index contributed by atoms with van der Waals surface area (Å²) in [6.07, 6.45) is 2.30. The van der Waals surface area contributed by atoms with Crippen LogP contribution in [-0.2, 0) is 0 Å². The highest BCUT2D eigenvalue weighted by atomic mass is 35.5. The average Bonchev–Trinajstić information content (AvgIpc) is 3.04. The van der Waals surface area contributed by atoms with Gasteiger partial charge in [0.2, 0.25) is 0 Å². The highest BCUT2D eigenvalue weighted by Crippen LogP contribution is 2.38. The van der Waals surface area contributed by atoms with Gasteiger partial charge in [-0.25, -0.2) is 15.0 Å². The molecule has 3 rings (SSSR count). The Morgan fingerprint density at radius 1 is 1.24 bits per heavy atom. The van der Waals surface area contributed by atoms with Gasteiger partial charge < -0.3 is 0 Å². The van der Waals surface area contributed by atoms with Crippen molar-refractivity contribution < 1.29 is 0 Å². The fourth-order valence-electron chi connectivity index (χ4n) is 1.79. The van der Waals surface area contributed by atoms with Crippen molar-refractivity contribution >= 4 is 11.6 Å². The Morgan fingerprint density at radius 3 is 2.59 bits per heavy atom. The van der Waals surface area contributed by atoms with Gasteiger partial charge in [-0.2, -0.15) is 4.68 Å². The summed E-state index contributed by atoms with van der Waals surface area (Å²) >= 11 is 6.02. The Kier molecular flexibility index (Phi) is 2.36. The molecule has 0 N–H and O–H groups in total. The molecule has 1 saturated carbocycles. The van der Waals surface area contributed by atoms with Crippen molar-refractivity contribution in [3.8, 4) is 5.82 Å². The smallest absolute Gasteiger partial charge is 0.160 e. The van der Waals surface area contributed by atoms with Gasteiger partial charge in [-0.3, -0.25) is 0 Å². The van der Waals surface area contributed by atoms with E-state index in [4.69, 9.17) is 11.6 Å². The van der Waals surface area contributed by atoms with Crippen molar-refractivity contribution in [2.45, 2.75) is 32.6 Å². The topological polar surface area (TPSA) is 56.5 Å². The third-order valence-corrected chi connectivity index (χ3v) is 2.93. The van der Waals surface area contributed by atoms with Crippen molar-refractivity contribution in [1.82, 2.24) is 24.7 Å². The van der Waals surface area contributed by atoms with Gasteiger partial charge in [0.25, 0.3) is 0 Å². The molecule has 6 heteroatoms. The van der Waals surface area contributed by atoms with Gasteiger partial charge in [-0.15, -0.1) is 5.10 Å². The molecule has 0 aliphatic heterocycles. The van der Waals surface area contributed by atoms with Crippen molar-refractivity contribution in [3.05, 3.63) is 28.7 Å². The summed E-state index contributed by atoms with van der Waals surface area (Å²) in [6, 6.07) is 1.72. The molecule has 17 heavy (non-hydrogen) atoms. The molecule has 0 atom stereocenters. The second kappa shape index (κ2) is 3.77. The minimum absolute atomic E-state index is 0.462. The maximum atomic E-state index is 6.02. The summed E-state index contributed by atoms with van der Waals surface area (Å²) in [4.78, 5) is 13.0. The second-order valence-corrected chi connectivity index (χ2v) is 4.69. The SMILES string of the molecule is Cc1nc(C)n(-c2cc(Cl)nc(C3CC3)n2)n1. The minimum atomic E-state index is 0.462. The molecule has 2 aromatic heterocycles.